The lowest BCUT2D eigenvalue weighted by Crippen LogP contribution is -2.20. The van der Waals surface area contributed by atoms with Gasteiger partial charge in [0.05, 0.1) is 6.54 Å². The monoisotopic (exact) mass is 268 g/mol. The first kappa shape index (κ1) is 12.4. The molecule has 2 aromatic carbocycles. The number of halogens is 1. The number of aromatic nitrogens is 1. The molecule has 3 aromatic rings. The predicted molar refractivity (Wildman–Crippen MR) is 78.1 cm³/mol. The summed E-state index contributed by atoms with van der Waals surface area (Å²) >= 11 is 0. The summed E-state index contributed by atoms with van der Waals surface area (Å²) in [5.74, 6) is -0.358. The van der Waals surface area contributed by atoms with Crippen LogP contribution in [0.5, 0.6) is 0 Å². The Morgan fingerprint density at radius 1 is 1.10 bits per heavy atom. The maximum atomic E-state index is 13.3. The summed E-state index contributed by atoms with van der Waals surface area (Å²) in [5.41, 5.74) is 6.79. The second-order valence-corrected chi connectivity index (χ2v) is 4.68. The Kier molecular flexibility index (Phi) is 2.99. The molecule has 0 aliphatic carbocycles. The topological polar surface area (TPSA) is 48.0 Å². The molecule has 0 fully saturated rings. The second-order valence-electron chi connectivity index (χ2n) is 4.68. The van der Waals surface area contributed by atoms with Crippen molar-refractivity contribution in [3.63, 3.8) is 0 Å². The maximum absolute atomic E-state index is 13.3. The quantitative estimate of drug-likeness (QED) is 0.726. The summed E-state index contributed by atoms with van der Waals surface area (Å²) in [4.78, 5) is 12.4. The number of pyridine rings is 1. The first-order valence-corrected chi connectivity index (χ1v) is 6.27. The van der Waals surface area contributed by atoms with Gasteiger partial charge in [-0.15, -0.1) is 0 Å². The summed E-state index contributed by atoms with van der Waals surface area (Å²) in [6, 6.07) is 13.4. The minimum absolute atomic E-state index is 0.105. The SMILES string of the molecule is Nc1ccc(F)cc1Cn1ccc2ccccc2c1=O. The van der Waals surface area contributed by atoms with Crippen LogP contribution in [0.1, 0.15) is 5.56 Å². The molecule has 1 aromatic heterocycles. The smallest absolute Gasteiger partial charge is 0.258 e. The van der Waals surface area contributed by atoms with Gasteiger partial charge in [0.2, 0.25) is 0 Å². The van der Waals surface area contributed by atoms with Crippen molar-refractivity contribution < 1.29 is 4.39 Å². The Morgan fingerprint density at radius 3 is 2.75 bits per heavy atom. The molecule has 0 spiro atoms. The molecule has 0 atom stereocenters. The summed E-state index contributed by atoms with van der Waals surface area (Å²) < 4.78 is 14.8. The van der Waals surface area contributed by atoms with Gasteiger partial charge in [0.1, 0.15) is 5.82 Å². The molecular formula is C16H13FN2O. The van der Waals surface area contributed by atoms with Crippen LogP contribution in [0.3, 0.4) is 0 Å². The van der Waals surface area contributed by atoms with Crippen LogP contribution >= 0.6 is 0 Å². The largest absolute Gasteiger partial charge is 0.398 e. The van der Waals surface area contributed by atoms with E-state index in [9.17, 15) is 9.18 Å². The van der Waals surface area contributed by atoms with Crippen molar-refractivity contribution in [2.75, 3.05) is 5.73 Å². The van der Waals surface area contributed by atoms with Gasteiger partial charge >= 0.3 is 0 Å². The van der Waals surface area contributed by atoms with Crippen molar-refractivity contribution in [2.45, 2.75) is 6.54 Å². The fraction of sp³-hybridized carbons (Fsp3) is 0.0625. The number of anilines is 1. The van der Waals surface area contributed by atoms with E-state index in [2.05, 4.69) is 0 Å². The molecule has 0 radical (unpaired) electrons. The fourth-order valence-electron chi connectivity index (χ4n) is 2.25. The minimum atomic E-state index is -0.358. The highest BCUT2D eigenvalue weighted by Gasteiger charge is 2.06. The van der Waals surface area contributed by atoms with Crippen molar-refractivity contribution in [1.82, 2.24) is 4.57 Å². The highest BCUT2D eigenvalue weighted by atomic mass is 19.1. The van der Waals surface area contributed by atoms with Crippen molar-refractivity contribution in [1.29, 1.82) is 0 Å². The van der Waals surface area contributed by atoms with Gasteiger partial charge in [-0.3, -0.25) is 4.79 Å². The zero-order valence-electron chi connectivity index (χ0n) is 10.7. The van der Waals surface area contributed by atoms with Crippen LogP contribution in [0.25, 0.3) is 10.8 Å². The molecule has 1 heterocycles. The first-order chi connectivity index (χ1) is 9.65. The first-order valence-electron chi connectivity index (χ1n) is 6.27. The van der Waals surface area contributed by atoms with E-state index < -0.39 is 0 Å². The fourth-order valence-corrected chi connectivity index (χ4v) is 2.25. The second kappa shape index (κ2) is 4.81. The Hall–Kier alpha value is -2.62. The lowest BCUT2D eigenvalue weighted by atomic mass is 10.1. The summed E-state index contributed by atoms with van der Waals surface area (Å²) in [6.07, 6.45) is 1.70. The minimum Gasteiger partial charge on any atom is -0.398 e. The Morgan fingerprint density at radius 2 is 1.90 bits per heavy atom. The van der Waals surface area contributed by atoms with Gasteiger partial charge in [-0.2, -0.15) is 0 Å². The third-order valence-electron chi connectivity index (χ3n) is 3.33. The normalized spacial score (nSPS) is 10.8. The molecular weight excluding hydrogens is 255 g/mol. The number of hydrogen-bond donors (Lipinski definition) is 1. The molecule has 0 amide bonds. The average Bonchev–Trinajstić information content (AvgIpc) is 2.46. The van der Waals surface area contributed by atoms with Crippen LogP contribution in [0.4, 0.5) is 10.1 Å². The number of nitrogens with two attached hydrogens (primary N) is 1. The van der Waals surface area contributed by atoms with Crippen LogP contribution in [-0.2, 0) is 6.54 Å². The highest BCUT2D eigenvalue weighted by Crippen LogP contribution is 2.15. The van der Waals surface area contributed by atoms with Gasteiger partial charge in [-0.1, -0.05) is 18.2 Å². The molecule has 0 aliphatic heterocycles. The molecule has 0 unspecified atom stereocenters. The van der Waals surface area contributed by atoms with E-state index in [4.69, 9.17) is 5.73 Å². The molecule has 20 heavy (non-hydrogen) atoms. The van der Waals surface area contributed by atoms with Crippen LogP contribution in [0.15, 0.2) is 59.5 Å². The van der Waals surface area contributed by atoms with Gasteiger partial charge in [-0.25, -0.2) is 4.39 Å². The van der Waals surface area contributed by atoms with Gasteiger partial charge in [0, 0.05) is 17.3 Å². The molecule has 0 saturated carbocycles. The Labute approximate surface area is 115 Å². The van der Waals surface area contributed by atoms with Crippen molar-refractivity contribution >= 4 is 16.5 Å². The number of rotatable bonds is 2. The average molecular weight is 268 g/mol. The third kappa shape index (κ3) is 2.16. The molecule has 3 rings (SSSR count). The lowest BCUT2D eigenvalue weighted by Gasteiger charge is -2.09. The van der Waals surface area contributed by atoms with E-state index in [0.717, 1.165) is 5.39 Å². The number of nitrogen functional groups attached to an aromatic ring is 1. The third-order valence-corrected chi connectivity index (χ3v) is 3.33. The van der Waals surface area contributed by atoms with Crippen molar-refractivity contribution in [3.8, 4) is 0 Å². The Balaban J connectivity index is 2.09. The molecule has 2 N–H and O–H groups in total. The van der Waals surface area contributed by atoms with Crippen LogP contribution < -0.4 is 11.3 Å². The maximum Gasteiger partial charge on any atom is 0.258 e. The summed E-state index contributed by atoms with van der Waals surface area (Å²) in [5, 5.41) is 1.53. The van der Waals surface area contributed by atoms with Gasteiger partial charge in [0.15, 0.2) is 0 Å². The van der Waals surface area contributed by atoms with Crippen molar-refractivity contribution in [2.24, 2.45) is 0 Å². The van der Waals surface area contributed by atoms with Gasteiger partial charge in [-0.05, 0) is 41.3 Å². The highest BCUT2D eigenvalue weighted by molar-refractivity contribution is 5.81. The molecule has 3 nitrogen and oxygen atoms in total. The van der Waals surface area contributed by atoms with E-state index in [1.807, 2.05) is 24.3 Å². The van der Waals surface area contributed by atoms with Gasteiger partial charge in [0.25, 0.3) is 5.56 Å². The van der Waals surface area contributed by atoms with E-state index in [-0.39, 0.29) is 17.9 Å². The zero-order chi connectivity index (χ0) is 14.1. The number of benzene rings is 2. The Bertz CT molecular complexity index is 839. The molecule has 0 bridgehead atoms. The molecule has 4 heteroatoms. The molecule has 0 aliphatic rings. The number of fused-ring (bicyclic) bond motifs is 1. The van der Waals surface area contributed by atoms with Gasteiger partial charge < -0.3 is 10.3 Å². The summed E-state index contributed by atoms with van der Waals surface area (Å²) in [6.45, 7) is 0.257. The van der Waals surface area contributed by atoms with E-state index in [0.29, 0.717) is 16.6 Å². The predicted octanol–water partition coefficient (Wildman–Crippen LogP) is 2.77. The lowest BCUT2D eigenvalue weighted by molar-refractivity contribution is 0.623. The molecule has 0 saturated heterocycles. The van der Waals surface area contributed by atoms with Crippen LogP contribution in [0, 0.1) is 5.82 Å². The van der Waals surface area contributed by atoms with E-state index >= 15 is 0 Å². The summed E-state index contributed by atoms with van der Waals surface area (Å²) in [7, 11) is 0. The zero-order valence-corrected chi connectivity index (χ0v) is 10.7. The van der Waals surface area contributed by atoms with E-state index in [1.165, 1.54) is 22.8 Å². The van der Waals surface area contributed by atoms with E-state index in [1.54, 1.807) is 12.3 Å². The molecule has 100 valence electrons. The standard InChI is InChI=1S/C16H13FN2O/c17-13-5-6-15(18)12(9-13)10-19-8-7-11-3-1-2-4-14(11)16(19)20/h1-9H,10,18H2. The number of hydrogen-bond acceptors (Lipinski definition) is 2. The van der Waals surface area contributed by atoms with Crippen LogP contribution in [-0.4, -0.2) is 4.57 Å². The van der Waals surface area contributed by atoms with Crippen molar-refractivity contribution in [3.05, 3.63) is 76.5 Å². The number of nitrogens with zero attached hydrogens (tertiary/aromatic N) is 1. The van der Waals surface area contributed by atoms with Crippen LogP contribution in [0.2, 0.25) is 0 Å².